The number of alkyl halides is 3. The summed E-state index contributed by atoms with van der Waals surface area (Å²) < 4.78 is 42.1. The van der Waals surface area contributed by atoms with Crippen molar-refractivity contribution in [3.8, 4) is 11.4 Å². The third-order valence-electron chi connectivity index (χ3n) is 4.55. The van der Waals surface area contributed by atoms with Crippen LogP contribution in [0.5, 0.6) is 5.75 Å². The molecule has 3 rings (SSSR count). The average molecular weight is 494 g/mol. The lowest BCUT2D eigenvalue weighted by Crippen LogP contribution is -2.30. The molecule has 2 aromatic carbocycles. The quantitative estimate of drug-likeness (QED) is 0.452. The number of hydrogen-bond donors (Lipinski definition) is 1. The molecule has 0 aliphatic rings. The molecule has 1 heterocycles. The van der Waals surface area contributed by atoms with E-state index >= 15 is 0 Å². The largest absolute Gasteiger partial charge is 0.573 e. The van der Waals surface area contributed by atoms with E-state index in [0.717, 1.165) is 23.9 Å². The van der Waals surface area contributed by atoms with Gasteiger partial charge in [0.15, 0.2) is 0 Å². The highest BCUT2D eigenvalue weighted by Crippen LogP contribution is 2.25. The maximum atomic E-state index is 12.4. The molecule has 3 aromatic rings. The molecule has 0 fully saturated rings. The minimum Gasteiger partial charge on any atom is -0.406 e. The van der Waals surface area contributed by atoms with Gasteiger partial charge < -0.3 is 15.0 Å². The molecule has 34 heavy (non-hydrogen) atoms. The fourth-order valence-corrected chi connectivity index (χ4v) is 3.63. The molecule has 2 amide bonds. The molecule has 0 atom stereocenters. The van der Waals surface area contributed by atoms with E-state index in [1.54, 1.807) is 29.2 Å². The van der Waals surface area contributed by atoms with Gasteiger partial charge in [-0.1, -0.05) is 11.8 Å². The third kappa shape index (κ3) is 6.70. The molecule has 1 aromatic heterocycles. The fraction of sp³-hybridized carbons (Fsp3) is 0.286. The zero-order valence-corrected chi connectivity index (χ0v) is 19.1. The number of hydrogen-bond acceptors (Lipinski definition) is 7. The van der Waals surface area contributed by atoms with E-state index in [9.17, 15) is 22.8 Å². The number of halogens is 3. The van der Waals surface area contributed by atoms with E-state index in [1.807, 2.05) is 13.8 Å². The van der Waals surface area contributed by atoms with E-state index in [0.29, 0.717) is 30.0 Å². The molecule has 0 aliphatic heterocycles. The van der Waals surface area contributed by atoms with Crippen LogP contribution in [0.2, 0.25) is 0 Å². The Kier molecular flexibility index (Phi) is 8.10. The number of thioether (sulfide) groups is 1. The lowest BCUT2D eigenvalue weighted by atomic mass is 10.2. The molecule has 0 saturated carbocycles. The minimum atomic E-state index is -4.79. The second-order valence-electron chi connectivity index (χ2n) is 6.81. The van der Waals surface area contributed by atoms with Crippen LogP contribution in [-0.2, 0) is 4.79 Å². The third-order valence-corrected chi connectivity index (χ3v) is 5.47. The zero-order chi connectivity index (χ0) is 24.7. The van der Waals surface area contributed by atoms with E-state index in [-0.39, 0.29) is 28.5 Å². The second-order valence-corrected chi connectivity index (χ2v) is 7.75. The predicted molar refractivity (Wildman–Crippen MR) is 119 cm³/mol. The maximum Gasteiger partial charge on any atom is 0.573 e. The van der Waals surface area contributed by atoms with Gasteiger partial charge in [-0.3, -0.25) is 9.59 Å². The van der Waals surface area contributed by atoms with Crippen LogP contribution in [0.25, 0.3) is 5.69 Å². The maximum absolute atomic E-state index is 12.4. The number of benzene rings is 2. The summed E-state index contributed by atoms with van der Waals surface area (Å²) in [5.41, 5.74) is 1.46. The highest BCUT2D eigenvalue weighted by atomic mass is 32.2. The van der Waals surface area contributed by atoms with Crippen LogP contribution in [0.4, 0.5) is 18.9 Å². The highest BCUT2D eigenvalue weighted by Gasteiger charge is 2.31. The van der Waals surface area contributed by atoms with Crippen LogP contribution < -0.4 is 10.1 Å². The van der Waals surface area contributed by atoms with Crippen molar-refractivity contribution in [1.29, 1.82) is 0 Å². The van der Waals surface area contributed by atoms with Crippen molar-refractivity contribution in [3.63, 3.8) is 0 Å². The lowest BCUT2D eigenvalue weighted by Gasteiger charge is -2.18. The number of carbonyl (C=O) groups excluding carboxylic acids is 2. The van der Waals surface area contributed by atoms with Crippen LogP contribution >= 0.6 is 11.8 Å². The van der Waals surface area contributed by atoms with Crippen LogP contribution in [-0.4, -0.2) is 62.1 Å². The Hall–Kier alpha value is -3.61. The van der Waals surface area contributed by atoms with Gasteiger partial charge in [-0.15, -0.1) is 18.3 Å². The molecule has 1 N–H and O–H groups in total. The number of nitrogens with one attached hydrogen (secondary N) is 1. The molecule has 0 spiro atoms. The first-order chi connectivity index (χ1) is 16.2. The van der Waals surface area contributed by atoms with Gasteiger partial charge in [0, 0.05) is 24.3 Å². The van der Waals surface area contributed by atoms with E-state index in [1.165, 1.54) is 16.8 Å². The SMILES string of the molecule is CCN(CC)C(=O)c1ccc(NC(=O)CSc2nnnn2-c2ccc(OC(F)(F)F)cc2)cc1. The summed E-state index contributed by atoms with van der Waals surface area (Å²) in [6, 6.07) is 11.6. The number of anilines is 1. The van der Waals surface area contributed by atoms with Crippen molar-refractivity contribution in [3.05, 3.63) is 54.1 Å². The first-order valence-electron chi connectivity index (χ1n) is 10.2. The Morgan fingerprint density at radius 2 is 1.71 bits per heavy atom. The first kappa shape index (κ1) is 25.0. The highest BCUT2D eigenvalue weighted by molar-refractivity contribution is 7.99. The molecule has 13 heteroatoms. The number of aromatic nitrogens is 4. The number of rotatable bonds is 9. The molecular weight excluding hydrogens is 473 g/mol. The van der Waals surface area contributed by atoms with E-state index in [2.05, 4.69) is 25.6 Å². The molecule has 9 nitrogen and oxygen atoms in total. The molecule has 0 unspecified atom stereocenters. The van der Waals surface area contributed by atoms with Crippen molar-refractivity contribution in [2.75, 3.05) is 24.2 Å². The normalized spacial score (nSPS) is 11.2. The summed E-state index contributed by atoms with van der Waals surface area (Å²) in [7, 11) is 0. The summed E-state index contributed by atoms with van der Waals surface area (Å²) in [6.07, 6.45) is -4.79. The molecule has 0 aliphatic carbocycles. The van der Waals surface area contributed by atoms with Gasteiger partial charge in [0.05, 0.1) is 11.4 Å². The molecule has 0 radical (unpaired) electrons. The molecular formula is C21H21F3N6O3S. The summed E-state index contributed by atoms with van der Waals surface area (Å²) >= 11 is 1.05. The van der Waals surface area contributed by atoms with Gasteiger partial charge >= 0.3 is 6.36 Å². The van der Waals surface area contributed by atoms with E-state index < -0.39 is 6.36 Å². The van der Waals surface area contributed by atoms with Crippen molar-refractivity contribution in [2.24, 2.45) is 0 Å². The lowest BCUT2D eigenvalue weighted by molar-refractivity contribution is -0.274. The van der Waals surface area contributed by atoms with Crippen LogP contribution in [0.3, 0.4) is 0 Å². The standard InChI is InChI=1S/C21H21F3N6O3S/c1-3-29(4-2)19(32)14-5-7-15(8-6-14)25-18(31)13-34-20-26-27-28-30(20)16-9-11-17(12-10-16)33-21(22,23)24/h5-12H,3-4,13H2,1-2H3,(H,25,31). The number of tetrazole rings is 1. The summed E-state index contributed by atoms with van der Waals surface area (Å²) in [6.45, 7) is 5.02. The van der Waals surface area contributed by atoms with Crippen molar-refractivity contribution < 1.29 is 27.5 Å². The smallest absolute Gasteiger partial charge is 0.406 e. The second kappa shape index (κ2) is 11.0. The van der Waals surface area contributed by atoms with E-state index in [4.69, 9.17) is 0 Å². The number of amides is 2. The first-order valence-corrected chi connectivity index (χ1v) is 11.1. The number of ether oxygens (including phenoxy) is 1. The summed E-state index contributed by atoms with van der Waals surface area (Å²) in [5.74, 6) is -0.794. The predicted octanol–water partition coefficient (Wildman–Crippen LogP) is 3.77. The zero-order valence-electron chi connectivity index (χ0n) is 18.2. The van der Waals surface area contributed by atoms with Gasteiger partial charge in [-0.05, 0) is 72.8 Å². The Labute approximate surface area is 197 Å². The van der Waals surface area contributed by atoms with Gasteiger partial charge in [-0.2, -0.15) is 4.68 Å². The van der Waals surface area contributed by atoms with Gasteiger partial charge in [-0.25, -0.2) is 0 Å². The molecule has 0 saturated heterocycles. The average Bonchev–Trinajstić information content (AvgIpc) is 3.27. The van der Waals surface area contributed by atoms with Crippen LogP contribution in [0, 0.1) is 0 Å². The monoisotopic (exact) mass is 494 g/mol. The van der Waals surface area contributed by atoms with Gasteiger partial charge in [0.2, 0.25) is 11.1 Å². The Balaban J connectivity index is 1.57. The van der Waals surface area contributed by atoms with Crippen molar-refractivity contribution in [1.82, 2.24) is 25.1 Å². The topological polar surface area (TPSA) is 102 Å². The molecule has 180 valence electrons. The Morgan fingerprint density at radius 3 is 2.29 bits per heavy atom. The number of carbonyl (C=O) groups is 2. The van der Waals surface area contributed by atoms with Crippen LogP contribution in [0.15, 0.2) is 53.7 Å². The van der Waals surface area contributed by atoms with Crippen LogP contribution in [0.1, 0.15) is 24.2 Å². The minimum absolute atomic E-state index is 0.0181. The van der Waals surface area contributed by atoms with Crippen molar-refractivity contribution in [2.45, 2.75) is 25.4 Å². The van der Waals surface area contributed by atoms with Gasteiger partial charge in [0.1, 0.15) is 5.75 Å². The Morgan fingerprint density at radius 1 is 1.06 bits per heavy atom. The van der Waals surface area contributed by atoms with Crippen molar-refractivity contribution >= 4 is 29.3 Å². The fourth-order valence-electron chi connectivity index (χ4n) is 2.94. The Bertz CT molecular complexity index is 1120. The number of nitrogens with zero attached hydrogens (tertiary/aromatic N) is 5. The molecule has 0 bridgehead atoms. The summed E-state index contributed by atoms with van der Waals surface area (Å²) in [5, 5.41) is 14.2. The summed E-state index contributed by atoms with van der Waals surface area (Å²) in [4.78, 5) is 26.4. The van der Waals surface area contributed by atoms with Gasteiger partial charge in [0.25, 0.3) is 5.91 Å².